The standard InChI is InChI=1S/C15H18N2O4/c1-9-5-4-6-12(10(9)2)16-7-13(18)17(14(19)8-16)11(3)15(20)21/h4-6,11H,7-8H2,1-3H3,(H,20,21). The summed E-state index contributed by atoms with van der Waals surface area (Å²) in [6.07, 6.45) is 0. The third-order valence-corrected chi connectivity index (χ3v) is 3.85. The third kappa shape index (κ3) is 2.74. The molecule has 112 valence electrons. The molecule has 2 amide bonds. The van der Waals surface area contributed by atoms with E-state index in [0.29, 0.717) is 0 Å². The number of carbonyl (C=O) groups is 3. The van der Waals surface area contributed by atoms with Gasteiger partial charge in [-0.3, -0.25) is 14.5 Å². The lowest BCUT2D eigenvalue weighted by atomic mass is 10.1. The van der Waals surface area contributed by atoms with E-state index in [4.69, 9.17) is 5.11 Å². The number of amides is 2. The summed E-state index contributed by atoms with van der Waals surface area (Å²) in [6.45, 7) is 5.25. The van der Waals surface area contributed by atoms with Crippen molar-refractivity contribution >= 4 is 23.5 Å². The number of piperazine rings is 1. The van der Waals surface area contributed by atoms with Gasteiger partial charge in [0.05, 0.1) is 13.1 Å². The minimum atomic E-state index is -1.18. The molecule has 21 heavy (non-hydrogen) atoms. The summed E-state index contributed by atoms with van der Waals surface area (Å²) in [5.41, 5.74) is 2.92. The van der Waals surface area contributed by atoms with Crippen molar-refractivity contribution in [2.24, 2.45) is 0 Å². The molecule has 1 heterocycles. The van der Waals surface area contributed by atoms with Crippen LogP contribution in [0.3, 0.4) is 0 Å². The highest BCUT2D eigenvalue weighted by molar-refractivity contribution is 6.05. The van der Waals surface area contributed by atoms with Gasteiger partial charge in [-0.1, -0.05) is 12.1 Å². The summed E-state index contributed by atoms with van der Waals surface area (Å²) >= 11 is 0. The summed E-state index contributed by atoms with van der Waals surface area (Å²) in [5, 5.41) is 8.97. The van der Waals surface area contributed by atoms with E-state index in [1.54, 1.807) is 4.90 Å². The van der Waals surface area contributed by atoms with Crippen LogP contribution < -0.4 is 4.90 Å². The molecule has 0 saturated carbocycles. The number of carbonyl (C=O) groups excluding carboxylic acids is 2. The lowest BCUT2D eigenvalue weighted by Gasteiger charge is -2.36. The largest absolute Gasteiger partial charge is 0.480 e. The van der Waals surface area contributed by atoms with Crippen LogP contribution in [0.15, 0.2) is 18.2 Å². The number of anilines is 1. The predicted molar refractivity (Wildman–Crippen MR) is 77.1 cm³/mol. The van der Waals surface area contributed by atoms with Crippen molar-refractivity contribution in [1.82, 2.24) is 4.90 Å². The third-order valence-electron chi connectivity index (χ3n) is 3.85. The van der Waals surface area contributed by atoms with E-state index in [0.717, 1.165) is 21.7 Å². The number of nitrogens with zero attached hydrogens (tertiary/aromatic N) is 2. The summed E-state index contributed by atoms with van der Waals surface area (Å²) in [6, 6.07) is 4.56. The number of benzene rings is 1. The Hall–Kier alpha value is -2.37. The average molecular weight is 290 g/mol. The fourth-order valence-electron chi connectivity index (χ4n) is 2.46. The zero-order valence-corrected chi connectivity index (χ0v) is 12.3. The Morgan fingerprint density at radius 2 is 1.76 bits per heavy atom. The Morgan fingerprint density at radius 1 is 1.19 bits per heavy atom. The number of aryl methyl sites for hydroxylation is 1. The monoisotopic (exact) mass is 290 g/mol. The van der Waals surface area contributed by atoms with Gasteiger partial charge in [0, 0.05) is 5.69 Å². The van der Waals surface area contributed by atoms with Gasteiger partial charge in [0.15, 0.2) is 0 Å². The van der Waals surface area contributed by atoms with Gasteiger partial charge in [-0.2, -0.15) is 0 Å². The van der Waals surface area contributed by atoms with Crippen molar-refractivity contribution in [3.05, 3.63) is 29.3 Å². The molecule has 0 aliphatic carbocycles. The zero-order valence-electron chi connectivity index (χ0n) is 12.3. The van der Waals surface area contributed by atoms with Crippen LogP contribution in [0.1, 0.15) is 18.1 Å². The maximum absolute atomic E-state index is 12.1. The van der Waals surface area contributed by atoms with Gasteiger partial charge < -0.3 is 10.0 Å². The number of carboxylic acid groups (broad SMARTS) is 1. The predicted octanol–water partition coefficient (Wildman–Crippen LogP) is 0.952. The molecular formula is C15H18N2O4. The first kappa shape index (κ1) is 15.0. The van der Waals surface area contributed by atoms with Crippen LogP contribution in [0.4, 0.5) is 5.69 Å². The Balaban J connectivity index is 2.26. The summed E-state index contributed by atoms with van der Waals surface area (Å²) < 4.78 is 0. The average Bonchev–Trinajstić information content (AvgIpc) is 2.40. The van der Waals surface area contributed by atoms with Crippen molar-refractivity contribution in [2.45, 2.75) is 26.8 Å². The van der Waals surface area contributed by atoms with Crippen LogP contribution in [0.25, 0.3) is 0 Å². The highest BCUT2D eigenvalue weighted by Crippen LogP contribution is 2.24. The number of carboxylic acids is 1. The van der Waals surface area contributed by atoms with E-state index < -0.39 is 23.8 Å². The molecule has 1 aromatic carbocycles. The lowest BCUT2D eigenvalue weighted by Crippen LogP contribution is -2.58. The van der Waals surface area contributed by atoms with Crippen molar-refractivity contribution in [3.8, 4) is 0 Å². The summed E-state index contributed by atoms with van der Waals surface area (Å²) in [4.78, 5) is 37.8. The van der Waals surface area contributed by atoms with Gasteiger partial charge in [-0.15, -0.1) is 0 Å². The number of imide groups is 1. The fourth-order valence-corrected chi connectivity index (χ4v) is 2.46. The summed E-state index contributed by atoms with van der Waals surface area (Å²) in [5.74, 6) is -2.15. The first-order chi connectivity index (χ1) is 9.82. The topological polar surface area (TPSA) is 77.9 Å². The van der Waals surface area contributed by atoms with Crippen molar-refractivity contribution in [2.75, 3.05) is 18.0 Å². The van der Waals surface area contributed by atoms with Gasteiger partial charge in [0.25, 0.3) is 0 Å². The molecule has 1 aromatic rings. The van der Waals surface area contributed by atoms with E-state index in [2.05, 4.69) is 0 Å². The molecule has 6 nitrogen and oxygen atoms in total. The minimum Gasteiger partial charge on any atom is -0.480 e. The smallest absolute Gasteiger partial charge is 0.326 e. The SMILES string of the molecule is Cc1cccc(N2CC(=O)N(C(C)C(=O)O)C(=O)C2)c1C. The molecule has 0 bridgehead atoms. The Labute approximate surface area is 123 Å². The van der Waals surface area contributed by atoms with Crippen molar-refractivity contribution in [1.29, 1.82) is 0 Å². The number of hydrogen-bond acceptors (Lipinski definition) is 4. The molecule has 0 spiro atoms. The molecule has 0 radical (unpaired) electrons. The molecule has 0 aromatic heterocycles. The molecule has 1 fully saturated rings. The summed E-state index contributed by atoms with van der Waals surface area (Å²) in [7, 11) is 0. The molecule has 6 heteroatoms. The van der Waals surface area contributed by atoms with Crippen LogP contribution in [-0.4, -0.2) is 46.9 Å². The van der Waals surface area contributed by atoms with Gasteiger partial charge in [-0.05, 0) is 38.0 Å². The molecule has 1 N–H and O–H groups in total. The van der Waals surface area contributed by atoms with E-state index in [1.165, 1.54) is 6.92 Å². The van der Waals surface area contributed by atoms with Crippen molar-refractivity contribution < 1.29 is 19.5 Å². The van der Waals surface area contributed by atoms with Crippen LogP contribution in [-0.2, 0) is 14.4 Å². The van der Waals surface area contributed by atoms with Crippen LogP contribution in [0.5, 0.6) is 0 Å². The Morgan fingerprint density at radius 3 is 2.29 bits per heavy atom. The number of rotatable bonds is 3. The molecule has 1 aliphatic rings. The molecule has 1 unspecified atom stereocenters. The molecule has 1 saturated heterocycles. The van der Waals surface area contributed by atoms with Gasteiger partial charge in [-0.25, -0.2) is 4.79 Å². The lowest BCUT2D eigenvalue weighted by molar-refractivity contribution is -0.157. The highest BCUT2D eigenvalue weighted by Gasteiger charge is 2.37. The number of aliphatic carboxylic acids is 1. The van der Waals surface area contributed by atoms with E-state index in [1.807, 2.05) is 32.0 Å². The minimum absolute atomic E-state index is 0.00759. The fraction of sp³-hybridized carbons (Fsp3) is 0.400. The normalized spacial score (nSPS) is 17.1. The van der Waals surface area contributed by atoms with Crippen LogP contribution in [0, 0.1) is 13.8 Å². The first-order valence-corrected chi connectivity index (χ1v) is 6.71. The first-order valence-electron chi connectivity index (χ1n) is 6.71. The second kappa shape index (κ2) is 5.55. The Bertz CT molecular complexity index is 594. The zero-order chi connectivity index (χ0) is 15.7. The van der Waals surface area contributed by atoms with Crippen molar-refractivity contribution in [3.63, 3.8) is 0 Å². The van der Waals surface area contributed by atoms with E-state index in [-0.39, 0.29) is 13.1 Å². The molecule has 2 rings (SSSR count). The maximum Gasteiger partial charge on any atom is 0.326 e. The molecule has 1 aliphatic heterocycles. The molecular weight excluding hydrogens is 272 g/mol. The number of hydrogen-bond donors (Lipinski definition) is 1. The molecule has 1 atom stereocenters. The van der Waals surface area contributed by atoms with Gasteiger partial charge in [0.2, 0.25) is 11.8 Å². The van der Waals surface area contributed by atoms with E-state index >= 15 is 0 Å². The second-order valence-electron chi connectivity index (χ2n) is 5.25. The van der Waals surface area contributed by atoms with Crippen LogP contribution >= 0.6 is 0 Å². The Kier molecular flexibility index (Phi) is 3.97. The van der Waals surface area contributed by atoms with E-state index in [9.17, 15) is 14.4 Å². The highest BCUT2D eigenvalue weighted by atomic mass is 16.4. The van der Waals surface area contributed by atoms with Gasteiger partial charge in [0.1, 0.15) is 6.04 Å². The maximum atomic E-state index is 12.1. The second-order valence-corrected chi connectivity index (χ2v) is 5.25. The van der Waals surface area contributed by atoms with Crippen LogP contribution in [0.2, 0.25) is 0 Å². The quantitative estimate of drug-likeness (QED) is 0.839. The van der Waals surface area contributed by atoms with Gasteiger partial charge >= 0.3 is 5.97 Å².